The minimum Gasteiger partial charge on any atom is -0.481 e. The van der Waals surface area contributed by atoms with Crippen LogP contribution in [0.1, 0.15) is 29.5 Å². The molecule has 4 heteroatoms. The molecule has 0 amide bonds. The first-order chi connectivity index (χ1) is 12.7. The van der Waals surface area contributed by atoms with Crippen LogP contribution in [0.2, 0.25) is 0 Å². The van der Waals surface area contributed by atoms with Crippen molar-refractivity contribution in [3.8, 4) is 0 Å². The number of carboxylic acids is 1. The van der Waals surface area contributed by atoms with Gasteiger partial charge in [0.05, 0.1) is 19.1 Å². The number of piperidine rings is 1. The van der Waals surface area contributed by atoms with Gasteiger partial charge in [0.2, 0.25) is 0 Å². The Hall–Kier alpha value is -2.17. The number of hydrogen-bond acceptors (Lipinski definition) is 3. The third-order valence-electron chi connectivity index (χ3n) is 4.92. The summed E-state index contributed by atoms with van der Waals surface area (Å²) >= 11 is 0. The zero-order valence-corrected chi connectivity index (χ0v) is 15.1. The lowest BCUT2D eigenvalue weighted by molar-refractivity contribution is -0.143. The lowest BCUT2D eigenvalue weighted by atomic mass is 9.98. The molecule has 2 aromatic carbocycles. The van der Waals surface area contributed by atoms with Gasteiger partial charge in [-0.15, -0.1) is 0 Å². The van der Waals surface area contributed by atoms with E-state index in [0.29, 0.717) is 19.8 Å². The molecule has 1 saturated heterocycles. The van der Waals surface area contributed by atoms with Gasteiger partial charge in [0.1, 0.15) is 0 Å². The maximum absolute atomic E-state index is 11.1. The number of rotatable bonds is 8. The SMILES string of the molecule is O=C(O)[C@@H]1CCCN(CCOCc2cccc(Cc3ccccc3)c2)C1. The average Bonchev–Trinajstić information content (AvgIpc) is 2.67. The van der Waals surface area contributed by atoms with Crippen LogP contribution in [0.15, 0.2) is 54.6 Å². The first-order valence-corrected chi connectivity index (χ1v) is 9.35. The van der Waals surface area contributed by atoms with Gasteiger partial charge in [-0.3, -0.25) is 4.79 Å². The molecule has 3 rings (SSSR count). The van der Waals surface area contributed by atoms with E-state index in [1.54, 1.807) is 0 Å². The molecule has 0 bridgehead atoms. The van der Waals surface area contributed by atoms with Gasteiger partial charge in [-0.1, -0.05) is 54.6 Å². The Bertz CT molecular complexity index is 702. The Morgan fingerprint density at radius 1 is 1.08 bits per heavy atom. The Morgan fingerprint density at radius 3 is 2.65 bits per heavy atom. The van der Waals surface area contributed by atoms with E-state index in [-0.39, 0.29) is 5.92 Å². The molecule has 1 N–H and O–H groups in total. The van der Waals surface area contributed by atoms with Gasteiger partial charge in [0.25, 0.3) is 0 Å². The van der Waals surface area contributed by atoms with Crippen molar-refractivity contribution in [2.75, 3.05) is 26.2 Å². The highest BCUT2D eigenvalue weighted by molar-refractivity contribution is 5.70. The number of ether oxygens (including phenoxy) is 1. The van der Waals surface area contributed by atoms with Gasteiger partial charge in [0, 0.05) is 13.1 Å². The fourth-order valence-corrected chi connectivity index (χ4v) is 3.50. The summed E-state index contributed by atoms with van der Waals surface area (Å²) in [4.78, 5) is 13.3. The molecule has 1 heterocycles. The lowest BCUT2D eigenvalue weighted by Gasteiger charge is -2.30. The summed E-state index contributed by atoms with van der Waals surface area (Å²) in [6, 6.07) is 19.0. The van der Waals surface area contributed by atoms with Crippen molar-refractivity contribution in [1.29, 1.82) is 0 Å². The second kappa shape index (κ2) is 9.51. The van der Waals surface area contributed by atoms with E-state index in [2.05, 4.69) is 53.4 Å². The Kier molecular flexibility index (Phi) is 6.81. The standard InChI is InChI=1S/C22H27NO3/c24-22(25)21-10-5-11-23(16-21)12-13-26-17-20-9-4-8-19(15-20)14-18-6-2-1-3-7-18/h1-4,6-9,15,21H,5,10-14,16-17H2,(H,24,25)/t21-/m1/s1. The second-order valence-corrected chi connectivity index (χ2v) is 7.01. The first-order valence-electron chi connectivity index (χ1n) is 9.35. The summed E-state index contributed by atoms with van der Waals surface area (Å²) < 4.78 is 5.83. The predicted molar refractivity (Wildman–Crippen MR) is 102 cm³/mol. The second-order valence-electron chi connectivity index (χ2n) is 7.01. The van der Waals surface area contributed by atoms with Crippen molar-refractivity contribution in [2.45, 2.75) is 25.9 Å². The van der Waals surface area contributed by atoms with E-state index in [1.807, 2.05) is 6.07 Å². The molecule has 1 atom stereocenters. The van der Waals surface area contributed by atoms with E-state index >= 15 is 0 Å². The van der Waals surface area contributed by atoms with E-state index in [9.17, 15) is 4.79 Å². The molecule has 1 aliphatic heterocycles. The highest BCUT2D eigenvalue weighted by Crippen LogP contribution is 2.16. The summed E-state index contributed by atoms with van der Waals surface area (Å²) in [5.74, 6) is -0.899. The molecule has 1 fully saturated rings. The molecule has 1 aliphatic rings. The van der Waals surface area contributed by atoms with Crippen LogP contribution in [0.25, 0.3) is 0 Å². The number of nitrogens with zero attached hydrogens (tertiary/aromatic N) is 1. The first kappa shape index (κ1) is 18.6. The van der Waals surface area contributed by atoms with Crippen LogP contribution >= 0.6 is 0 Å². The molecule has 0 spiro atoms. The van der Waals surface area contributed by atoms with E-state index < -0.39 is 5.97 Å². The fourth-order valence-electron chi connectivity index (χ4n) is 3.50. The summed E-state index contributed by atoms with van der Waals surface area (Å²) in [5.41, 5.74) is 3.78. The lowest BCUT2D eigenvalue weighted by Crippen LogP contribution is -2.40. The number of carbonyl (C=O) groups is 1. The topological polar surface area (TPSA) is 49.8 Å². The van der Waals surface area contributed by atoms with Crippen LogP contribution in [0.5, 0.6) is 0 Å². The van der Waals surface area contributed by atoms with Crippen LogP contribution in [-0.2, 0) is 22.6 Å². The predicted octanol–water partition coefficient (Wildman–Crippen LogP) is 3.59. The Labute approximate surface area is 155 Å². The van der Waals surface area contributed by atoms with Gasteiger partial charge < -0.3 is 14.7 Å². The van der Waals surface area contributed by atoms with Crippen LogP contribution in [0, 0.1) is 5.92 Å². The van der Waals surface area contributed by atoms with Gasteiger partial charge in [-0.05, 0) is 42.5 Å². The summed E-state index contributed by atoms with van der Waals surface area (Å²) in [5, 5.41) is 9.15. The van der Waals surface area contributed by atoms with E-state index in [0.717, 1.165) is 32.4 Å². The van der Waals surface area contributed by atoms with Gasteiger partial charge >= 0.3 is 5.97 Å². The molecular formula is C22H27NO3. The molecule has 138 valence electrons. The van der Waals surface area contributed by atoms with Crippen LogP contribution in [-0.4, -0.2) is 42.2 Å². The number of carboxylic acid groups (broad SMARTS) is 1. The van der Waals surface area contributed by atoms with Crippen LogP contribution in [0.3, 0.4) is 0 Å². The zero-order valence-electron chi connectivity index (χ0n) is 15.1. The quantitative estimate of drug-likeness (QED) is 0.737. The molecule has 0 radical (unpaired) electrons. The normalized spacial score (nSPS) is 17.9. The highest BCUT2D eigenvalue weighted by Gasteiger charge is 2.24. The van der Waals surface area contributed by atoms with Gasteiger partial charge in [0.15, 0.2) is 0 Å². The molecule has 26 heavy (non-hydrogen) atoms. The van der Waals surface area contributed by atoms with Crippen molar-refractivity contribution < 1.29 is 14.6 Å². The van der Waals surface area contributed by atoms with E-state index in [1.165, 1.54) is 16.7 Å². The van der Waals surface area contributed by atoms with Crippen molar-refractivity contribution in [3.05, 3.63) is 71.3 Å². The third kappa shape index (κ3) is 5.68. The summed E-state index contributed by atoms with van der Waals surface area (Å²) in [7, 11) is 0. The van der Waals surface area contributed by atoms with Crippen molar-refractivity contribution in [1.82, 2.24) is 4.90 Å². The number of benzene rings is 2. The summed E-state index contributed by atoms with van der Waals surface area (Å²) in [6.07, 6.45) is 2.68. The smallest absolute Gasteiger partial charge is 0.307 e. The van der Waals surface area contributed by atoms with Crippen molar-refractivity contribution >= 4 is 5.97 Å². The minimum atomic E-state index is -0.675. The number of hydrogen-bond donors (Lipinski definition) is 1. The van der Waals surface area contributed by atoms with Gasteiger partial charge in [-0.2, -0.15) is 0 Å². The average molecular weight is 353 g/mol. The molecule has 0 unspecified atom stereocenters. The molecule has 4 nitrogen and oxygen atoms in total. The maximum Gasteiger partial charge on any atom is 0.307 e. The Balaban J connectivity index is 1.42. The molecular weight excluding hydrogens is 326 g/mol. The fraction of sp³-hybridized carbons (Fsp3) is 0.409. The summed E-state index contributed by atoms with van der Waals surface area (Å²) in [6.45, 7) is 3.65. The molecule has 0 saturated carbocycles. The molecule has 0 aliphatic carbocycles. The zero-order chi connectivity index (χ0) is 18.2. The molecule has 2 aromatic rings. The van der Waals surface area contributed by atoms with E-state index in [4.69, 9.17) is 9.84 Å². The molecule has 0 aromatic heterocycles. The van der Waals surface area contributed by atoms with Crippen molar-refractivity contribution in [2.24, 2.45) is 5.92 Å². The van der Waals surface area contributed by atoms with Gasteiger partial charge in [-0.25, -0.2) is 0 Å². The van der Waals surface area contributed by atoms with Crippen molar-refractivity contribution in [3.63, 3.8) is 0 Å². The third-order valence-corrected chi connectivity index (χ3v) is 4.92. The highest BCUT2D eigenvalue weighted by atomic mass is 16.5. The van der Waals surface area contributed by atoms with Crippen LogP contribution < -0.4 is 0 Å². The minimum absolute atomic E-state index is 0.224. The number of likely N-dealkylation sites (tertiary alicyclic amines) is 1. The number of aliphatic carboxylic acids is 1. The monoisotopic (exact) mass is 353 g/mol. The largest absolute Gasteiger partial charge is 0.481 e. The maximum atomic E-state index is 11.1. The van der Waals surface area contributed by atoms with Crippen LogP contribution in [0.4, 0.5) is 0 Å². The Morgan fingerprint density at radius 2 is 1.85 bits per heavy atom.